The number of benzene rings is 2. The molecule has 3 aliphatic rings. The highest BCUT2D eigenvalue weighted by Crippen LogP contribution is 2.47. The summed E-state index contributed by atoms with van der Waals surface area (Å²) in [5, 5.41) is 21.3. The Kier molecular flexibility index (Phi) is 8.26. The van der Waals surface area contributed by atoms with Gasteiger partial charge in [0.15, 0.2) is 5.82 Å². The molecule has 9 nitrogen and oxygen atoms in total. The quantitative estimate of drug-likeness (QED) is 0.198. The van der Waals surface area contributed by atoms with Crippen LogP contribution in [0.2, 0.25) is 5.02 Å². The van der Waals surface area contributed by atoms with Crippen LogP contribution < -0.4 is 15.0 Å². The van der Waals surface area contributed by atoms with Crippen molar-refractivity contribution in [2.45, 2.75) is 56.4 Å². The topological polar surface area (TPSA) is 115 Å². The maximum Gasteiger partial charge on any atom is 0.409 e. The third-order valence-corrected chi connectivity index (χ3v) is 10.8. The minimum atomic E-state index is -1.45. The monoisotopic (exact) mass is 688 g/mol. The second kappa shape index (κ2) is 12.3. The highest BCUT2D eigenvalue weighted by atomic mass is 35.5. The maximum atomic E-state index is 16.9. The predicted molar refractivity (Wildman–Crippen MR) is 171 cm³/mol. The number of rotatable bonds is 6. The molecule has 5 heterocycles. The lowest BCUT2D eigenvalue weighted by Gasteiger charge is -2.31. The third-order valence-electron chi connectivity index (χ3n) is 9.38. The van der Waals surface area contributed by atoms with E-state index in [0.29, 0.717) is 50.1 Å². The van der Waals surface area contributed by atoms with Crippen molar-refractivity contribution in [3.63, 3.8) is 0 Å². The first-order chi connectivity index (χ1) is 22.6. The Bertz CT molecular complexity index is 1960. The molecule has 0 spiro atoms. The van der Waals surface area contributed by atoms with Crippen LogP contribution in [0.5, 0.6) is 6.01 Å². The molecular weight excluding hydrogens is 660 g/mol. The molecule has 47 heavy (non-hydrogen) atoms. The SMILES string of the molecule is N#Cc1c(NC(=O)O)sc2c(F)ccc(-c3c(Cl)cc4c(N5CCCCC(F)C5)nc(OC[C@@]56CCCN5C[C@H](F)C6)nc4c3F)c12. The molecule has 3 aliphatic heterocycles. The van der Waals surface area contributed by atoms with Crippen molar-refractivity contribution >= 4 is 60.8 Å². The van der Waals surface area contributed by atoms with Crippen molar-refractivity contribution in [2.24, 2.45) is 0 Å². The summed E-state index contributed by atoms with van der Waals surface area (Å²) >= 11 is 7.46. The van der Waals surface area contributed by atoms with Crippen LogP contribution in [0.3, 0.4) is 0 Å². The molecule has 0 bridgehead atoms. The number of nitriles is 1. The number of alkyl halides is 2. The van der Waals surface area contributed by atoms with E-state index < -0.39 is 35.6 Å². The van der Waals surface area contributed by atoms with E-state index in [0.717, 1.165) is 25.5 Å². The lowest BCUT2D eigenvalue weighted by Crippen LogP contribution is -2.43. The van der Waals surface area contributed by atoms with Gasteiger partial charge in [-0.2, -0.15) is 15.2 Å². The fourth-order valence-corrected chi connectivity index (χ4v) is 8.68. The molecule has 0 radical (unpaired) electrons. The molecule has 0 saturated carbocycles. The molecule has 7 rings (SSSR count). The molecule has 4 aromatic rings. The van der Waals surface area contributed by atoms with Gasteiger partial charge in [-0.25, -0.2) is 22.4 Å². The summed E-state index contributed by atoms with van der Waals surface area (Å²) in [6.07, 6.45) is 0.0950. The summed E-state index contributed by atoms with van der Waals surface area (Å²) in [6, 6.07) is 5.57. The zero-order valence-electron chi connectivity index (χ0n) is 25.0. The lowest BCUT2D eigenvalue weighted by atomic mass is 9.95. The first-order valence-electron chi connectivity index (χ1n) is 15.3. The van der Waals surface area contributed by atoms with Crippen LogP contribution >= 0.6 is 22.9 Å². The van der Waals surface area contributed by atoms with Gasteiger partial charge in [0, 0.05) is 35.8 Å². The minimum absolute atomic E-state index is 0.0117. The largest absolute Gasteiger partial charge is 0.465 e. The smallest absolute Gasteiger partial charge is 0.409 e. The second-order valence-corrected chi connectivity index (χ2v) is 13.8. The van der Waals surface area contributed by atoms with E-state index in [4.69, 9.17) is 16.3 Å². The number of aromatic nitrogens is 2. The molecule has 1 amide bonds. The highest BCUT2D eigenvalue weighted by Gasteiger charge is 2.49. The van der Waals surface area contributed by atoms with Crippen molar-refractivity contribution in [3.05, 3.63) is 40.4 Å². The predicted octanol–water partition coefficient (Wildman–Crippen LogP) is 7.69. The first-order valence-corrected chi connectivity index (χ1v) is 16.5. The van der Waals surface area contributed by atoms with Gasteiger partial charge >= 0.3 is 12.1 Å². The second-order valence-electron chi connectivity index (χ2n) is 12.3. The Morgan fingerprint density at radius 1 is 1.19 bits per heavy atom. The number of thiophene rings is 1. The van der Waals surface area contributed by atoms with Crippen molar-refractivity contribution in [2.75, 3.05) is 43.0 Å². The van der Waals surface area contributed by atoms with E-state index >= 15 is 8.78 Å². The van der Waals surface area contributed by atoms with E-state index in [1.165, 1.54) is 12.1 Å². The average Bonchev–Trinajstić information content (AvgIpc) is 3.62. The number of hydrogen-bond donors (Lipinski definition) is 2. The van der Waals surface area contributed by atoms with Crippen LogP contribution in [-0.2, 0) is 0 Å². The number of carbonyl (C=O) groups is 1. The van der Waals surface area contributed by atoms with Crippen LogP contribution in [0.15, 0.2) is 18.2 Å². The Morgan fingerprint density at radius 3 is 2.81 bits per heavy atom. The molecule has 0 aliphatic carbocycles. The lowest BCUT2D eigenvalue weighted by molar-refractivity contribution is 0.107. The van der Waals surface area contributed by atoms with Crippen LogP contribution in [0.25, 0.3) is 32.1 Å². The van der Waals surface area contributed by atoms with Crippen LogP contribution in [0, 0.1) is 23.0 Å². The molecular formula is C32H29ClF4N6O3S. The number of halogens is 5. The first kappa shape index (κ1) is 31.7. The number of ether oxygens (including phenoxy) is 1. The van der Waals surface area contributed by atoms with E-state index in [2.05, 4.69) is 20.2 Å². The number of nitrogens with zero attached hydrogens (tertiary/aromatic N) is 5. The van der Waals surface area contributed by atoms with E-state index in [1.54, 1.807) is 4.90 Å². The molecule has 3 fully saturated rings. The number of anilines is 2. The number of fused-ring (bicyclic) bond motifs is 3. The van der Waals surface area contributed by atoms with Gasteiger partial charge in [-0.15, -0.1) is 11.3 Å². The van der Waals surface area contributed by atoms with E-state index in [9.17, 15) is 23.9 Å². The standard InChI is InChI=1S/C32H29ClF4N6O3S/c33-21-10-19-26(25(37)24(21)18-5-6-22(36)27-23(18)20(12-38)29(47-27)41-31(44)45)39-30(40-28(19)42-8-2-1-4-16(34)13-42)46-15-32-7-3-9-43(32)14-17(35)11-32/h5-6,10,16-17,41H,1-4,7-9,11,13-15H2,(H,44,45)/t16?,17-,32+/m1/s1. The fraction of sp³-hybridized carbons (Fsp3) is 0.438. The van der Waals surface area contributed by atoms with Crippen molar-refractivity contribution < 1.29 is 32.2 Å². The van der Waals surface area contributed by atoms with Crippen LogP contribution in [0.1, 0.15) is 44.1 Å². The molecule has 2 N–H and O–H groups in total. The van der Waals surface area contributed by atoms with Gasteiger partial charge in [-0.3, -0.25) is 10.2 Å². The summed E-state index contributed by atoms with van der Waals surface area (Å²) in [7, 11) is 0. The molecule has 246 valence electrons. The van der Waals surface area contributed by atoms with Crippen molar-refractivity contribution in [1.82, 2.24) is 14.9 Å². The number of amides is 1. The average molecular weight is 689 g/mol. The number of nitrogens with one attached hydrogen (secondary N) is 1. The third kappa shape index (κ3) is 5.58. The van der Waals surface area contributed by atoms with Crippen LogP contribution in [0.4, 0.5) is 33.2 Å². The molecule has 2 aromatic carbocycles. The number of carboxylic acid groups (broad SMARTS) is 1. The number of hydrogen-bond acceptors (Lipinski definition) is 8. The fourth-order valence-electron chi connectivity index (χ4n) is 7.31. The summed E-state index contributed by atoms with van der Waals surface area (Å²) in [5.74, 6) is -1.40. The Balaban J connectivity index is 1.40. The van der Waals surface area contributed by atoms with Gasteiger partial charge in [-0.1, -0.05) is 17.7 Å². The van der Waals surface area contributed by atoms with E-state index in [-0.39, 0.29) is 72.7 Å². The van der Waals surface area contributed by atoms with Crippen molar-refractivity contribution in [1.29, 1.82) is 5.26 Å². The Morgan fingerprint density at radius 2 is 2.02 bits per heavy atom. The zero-order valence-corrected chi connectivity index (χ0v) is 26.5. The van der Waals surface area contributed by atoms with Gasteiger partial charge in [0.05, 0.1) is 27.4 Å². The summed E-state index contributed by atoms with van der Waals surface area (Å²) in [6.45, 7) is 1.63. The Hall–Kier alpha value is -3.93. The molecule has 1 unspecified atom stereocenters. The van der Waals surface area contributed by atoms with Crippen molar-refractivity contribution in [3.8, 4) is 23.2 Å². The molecule has 2 aromatic heterocycles. The Labute approximate surface area is 275 Å². The van der Waals surface area contributed by atoms with Gasteiger partial charge in [-0.05, 0) is 56.3 Å². The highest BCUT2D eigenvalue weighted by molar-refractivity contribution is 7.23. The van der Waals surface area contributed by atoms with Gasteiger partial charge < -0.3 is 14.7 Å². The normalized spacial score (nSPS) is 23.2. The van der Waals surface area contributed by atoms with Gasteiger partial charge in [0.1, 0.15) is 47.2 Å². The zero-order chi connectivity index (χ0) is 33.0. The van der Waals surface area contributed by atoms with Gasteiger partial charge in [0.25, 0.3) is 0 Å². The summed E-state index contributed by atoms with van der Waals surface area (Å²) < 4.78 is 67.3. The molecule has 3 saturated heterocycles. The molecule has 3 atom stereocenters. The van der Waals surface area contributed by atoms with Crippen LogP contribution in [-0.4, -0.2) is 76.7 Å². The summed E-state index contributed by atoms with van der Waals surface area (Å²) in [5.41, 5.74) is -1.03. The summed E-state index contributed by atoms with van der Waals surface area (Å²) in [4.78, 5) is 24.3. The minimum Gasteiger partial charge on any atom is -0.465 e. The van der Waals surface area contributed by atoms with Gasteiger partial charge in [0.2, 0.25) is 0 Å². The van der Waals surface area contributed by atoms with E-state index in [1.807, 2.05) is 6.07 Å². The maximum absolute atomic E-state index is 16.9. The molecule has 15 heteroatoms.